The van der Waals surface area contributed by atoms with Gasteiger partial charge in [-0.3, -0.25) is 9.59 Å². The SMILES string of the molecule is Cc1ccccc1-c1cc(C(=O)N2CCC(C(=O)N3CCCCCC3)CC2)c2cnn(C(C)C)c2n1. The van der Waals surface area contributed by atoms with Crippen LogP contribution in [0.25, 0.3) is 22.3 Å². The van der Waals surface area contributed by atoms with Gasteiger partial charge in [-0.25, -0.2) is 9.67 Å². The molecule has 0 N–H and O–H groups in total. The van der Waals surface area contributed by atoms with Crippen molar-refractivity contribution in [2.24, 2.45) is 5.92 Å². The number of fused-ring (bicyclic) bond motifs is 1. The van der Waals surface area contributed by atoms with Crippen LogP contribution in [-0.4, -0.2) is 62.6 Å². The Bertz CT molecular complexity index is 1250. The highest BCUT2D eigenvalue weighted by molar-refractivity contribution is 6.06. The highest BCUT2D eigenvalue weighted by Crippen LogP contribution is 2.30. The third-order valence-corrected chi connectivity index (χ3v) is 7.76. The summed E-state index contributed by atoms with van der Waals surface area (Å²) in [5, 5.41) is 5.35. The first-order chi connectivity index (χ1) is 17.4. The van der Waals surface area contributed by atoms with Gasteiger partial charge in [0, 0.05) is 43.7 Å². The molecule has 2 saturated heterocycles. The maximum Gasteiger partial charge on any atom is 0.254 e. The molecule has 7 heteroatoms. The number of hydrogen-bond donors (Lipinski definition) is 0. The van der Waals surface area contributed by atoms with Crippen LogP contribution >= 0.6 is 0 Å². The van der Waals surface area contributed by atoms with Crippen molar-refractivity contribution in [3.8, 4) is 11.3 Å². The van der Waals surface area contributed by atoms with Crippen LogP contribution in [0.5, 0.6) is 0 Å². The van der Waals surface area contributed by atoms with Gasteiger partial charge in [0.25, 0.3) is 5.91 Å². The maximum absolute atomic E-state index is 13.9. The Balaban J connectivity index is 1.40. The Hall–Kier alpha value is -3.22. The maximum atomic E-state index is 13.9. The van der Waals surface area contributed by atoms with Crippen LogP contribution in [0.2, 0.25) is 0 Å². The number of aryl methyl sites for hydroxylation is 1. The van der Waals surface area contributed by atoms with Crippen molar-refractivity contribution >= 4 is 22.8 Å². The number of amides is 2. The minimum Gasteiger partial charge on any atom is -0.342 e. The highest BCUT2D eigenvalue weighted by Gasteiger charge is 2.32. The van der Waals surface area contributed by atoms with E-state index in [4.69, 9.17) is 4.98 Å². The van der Waals surface area contributed by atoms with Gasteiger partial charge in [-0.2, -0.15) is 5.10 Å². The molecule has 2 aromatic heterocycles. The second-order valence-corrected chi connectivity index (χ2v) is 10.6. The van der Waals surface area contributed by atoms with Gasteiger partial charge < -0.3 is 9.80 Å². The van der Waals surface area contributed by atoms with Gasteiger partial charge in [0.05, 0.1) is 22.8 Å². The lowest BCUT2D eigenvalue weighted by molar-refractivity contribution is -0.136. The van der Waals surface area contributed by atoms with Crippen LogP contribution < -0.4 is 0 Å². The van der Waals surface area contributed by atoms with E-state index in [2.05, 4.69) is 36.8 Å². The minimum absolute atomic E-state index is 0.00112. The molecule has 0 saturated carbocycles. The molecule has 0 atom stereocenters. The molecule has 1 aromatic carbocycles. The van der Waals surface area contributed by atoms with Crippen molar-refractivity contribution in [2.75, 3.05) is 26.2 Å². The van der Waals surface area contributed by atoms with Crippen LogP contribution in [0.3, 0.4) is 0 Å². The monoisotopic (exact) mass is 487 g/mol. The number of piperidine rings is 1. The number of likely N-dealkylation sites (tertiary alicyclic amines) is 2. The zero-order valence-corrected chi connectivity index (χ0v) is 21.7. The number of benzene rings is 1. The number of nitrogens with zero attached hydrogens (tertiary/aromatic N) is 5. The Kier molecular flexibility index (Phi) is 7.08. The summed E-state index contributed by atoms with van der Waals surface area (Å²) in [7, 11) is 0. The van der Waals surface area contributed by atoms with Crippen LogP contribution in [0.15, 0.2) is 36.5 Å². The van der Waals surface area contributed by atoms with E-state index in [1.54, 1.807) is 6.20 Å². The molecule has 0 unspecified atom stereocenters. The molecule has 2 fully saturated rings. The van der Waals surface area contributed by atoms with E-state index < -0.39 is 0 Å². The van der Waals surface area contributed by atoms with Gasteiger partial charge in [-0.1, -0.05) is 37.1 Å². The normalized spacial score (nSPS) is 17.6. The highest BCUT2D eigenvalue weighted by atomic mass is 16.2. The standard InChI is InChI=1S/C29H37N5O2/c1-20(2)34-27-25(19-30-34)24(18-26(31-27)23-11-7-6-10-21(23)3)29(36)33-16-12-22(13-17-33)28(35)32-14-8-4-5-9-15-32/h6-7,10-11,18-20,22H,4-5,8-9,12-17H2,1-3H3. The van der Waals surface area contributed by atoms with Crippen molar-refractivity contribution in [3.63, 3.8) is 0 Å². The Morgan fingerprint density at radius 1 is 0.944 bits per heavy atom. The molecule has 7 nitrogen and oxygen atoms in total. The van der Waals surface area contributed by atoms with Gasteiger partial charge in [0.1, 0.15) is 0 Å². The fraction of sp³-hybridized carbons (Fsp3) is 0.517. The van der Waals surface area contributed by atoms with Gasteiger partial charge in [0.15, 0.2) is 5.65 Å². The van der Waals surface area contributed by atoms with E-state index >= 15 is 0 Å². The molecular formula is C29H37N5O2. The molecule has 190 valence electrons. The van der Waals surface area contributed by atoms with E-state index in [9.17, 15) is 9.59 Å². The molecule has 0 radical (unpaired) electrons. The summed E-state index contributed by atoms with van der Waals surface area (Å²) in [5.41, 5.74) is 4.30. The molecule has 3 aromatic rings. The van der Waals surface area contributed by atoms with E-state index in [1.165, 1.54) is 12.8 Å². The average molecular weight is 488 g/mol. The molecular weight excluding hydrogens is 450 g/mol. The molecule has 36 heavy (non-hydrogen) atoms. The summed E-state index contributed by atoms with van der Waals surface area (Å²) < 4.78 is 1.89. The molecule has 0 bridgehead atoms. The van der Waals surface area contributed by atoms with Crippen LogP contribution in [-0.2, 0) is 4.79 Å². The van der Waals surface area contributed by atoms with E-state index in [-0.39, 0.29) is 23.8 Å². The summed E-state index contributed by atoms with van der Waals surface area (Å²) >= 11 is 0. The molecule has 0 spiro atoms. The lowest BCUT2D eigenvalue weighted by Crippen LogP contribution is -2.44. The van der Waals surface area contributed by atoms with E-state index in [1.807, 2.05) is 33.8 Å². The predicted molar refractivity (Wildman–Crippen MR) is 142 cm³/mol. The molecule has 2 aliphatic heterocycles. The second-order valence-electron chi connectivity index (χ2n) is 10.6. The van der Waals surface area contributed by atoms with E-state index in [0.29, 0.717) is 18.7 Å². The molecule has 5 rings (SSSR count). The average Bonchev–Trinajstić information content (AvgIpc) is 3.14. The van der Waals surface area contributed by atoms with Crippen LogP contribution in [0.4, 0.5) is 0 Å². The third kappa shape index (κ3) is 4.75. The van der Waals surface area contributed by atoms with Crippen LogP contribution in [0.1, 0.15) is 74.3 Å². The molecule has 2 aliphatic rings. The Morgan fingerprint density at radius 2 is 1.64 bits per heavy atom. The molecule has 0 aliphatic carbocycles. The number of pyridine rings is 1. The fourth-order valence-electron chi connectivity index (χ4n) is 5.62. The topological polar surface area (TPSA) is 71.3 Å². The Morgan fingerprint density at radius 3 is 2.31 bits per heavy atom. The summed E-state index contributed by atoms with van der Waals surface area (Å²) in [6.45, 7) is 9.18. The first-order valence-electron chi connectivity index (χ1n) is 13.5. The first-order valence-corrected chi connectivity index (χ1v) is 13.5. The number of aromatic nitrogens is 3. The second kappa shape index (κ2) is 10.4. The number of rotatable bonds is 4. The smallest absolute Gasteiger partial charge is 0.254 e. The molecule has 4 heterocycles. The van der Waals surface area contributed by atoms with Crippen molar-refractivity contribution in [3.05, 3.63) is 47.7 Å². The first kappa shape index (κ1) is 24.5. The van der Waals surface area contributed by atoms with Crippen molar-refractivity contribution in [1.82, 2.24) is 24.6 Å². The zero-order chi connectivity index (χ0) is 25.2. The predicted octanol–water partition coefficient (Wildman–Crippen LogP) is 5.24. The lowest BCUT2D eigenvalue weighted by atomic mass is 9.94. The summed E-state index contributed by atoms with van der Waals surface area (Å²) in [6, 6.07) is 10.2. The minimum atomic E-state index is 0.00112. The Labute approximate surface area is 213 Å². The van der Waals surface area contributed by atoms with Gasteiger partial charge in [0.2, 0.25) is 5.91 Å². The number of carbonyl (C=O) groups excluding carboxylic acids is 2. The zero-order valence-electron chi connectivity index (χ0n) is 21.7. The quantitative estimate of drug-likeness (QED) is 0.504. The van der Waals surface area contributed by atoms with Crippen molar-refractivity contribution in [1.29, 1.82) is 0 Å². The van der Waals surface area contributed by atoms with Crippen molar-refractivity contribution in [2.45, 2.75) is 65.3 Å². The molecule has 2 amide bonds. The van der Waals surface area contributed by atoms with Gasteiger partial charge in [-0.05, 0) is 58.1 Å². The van der Waals surface area contributed by atoms with E-state index in [0.717, 1.165) is 66.6 Å². The van der Waals surface area contributed by atoms with Gasteiger partial charge >= 0.3 is 0 Å². The largest absolute Gasteiger partial charge is 0.342 e. The van der Waals surface area contributed by atoms with Crippen LogP contribution in [0, 0.1) is 12.8 Å². The summed E-state index contributed by atoms with van der Waals surface area (Å²) in [4.78, 5) is 35.9. The number of hydrogen-bond acceptors (Lipinski definition) is 4. The fourth-order valence-corrected chi connectivity index (χ4v) is 5.62. The summed E-state index contributed by atoms with van der Waals surface area (Å²) in [6.07, 6.45) is 7.87. The summed E-state index contributed by atoms with van der Waals surface area (Å²) in [5.74, 6) is 0.312. The third-order valence-electron chi connectivity index (χ3n) is 7.76. The van der Waals surface area contributed by atoms with Crippen molar-refractivity contribution < 1.29 is 9.59 Å². The lowest BCUT2D eigenvalue weighted by Gasteiger charge is -2.34. The number of carbonyl (C=O) groups is 2. The van der Waals surface area contributed by atoms with Gasteiger partial charge in [-0.15, -0.1) is 0 Å².